The van der Waals surface area contributed by atoms with E-state index in [1.165, 1.54) is 24.9 Å². The Morgan fingerprint density at radius 3 is 1.97 bits per heavy atom. The van der Waals surface area contributed by atoms with Crippen LogP contribution in [0.2, 0.25) is 0 Å². The Labute approximate surface area is 231 Å². The predicted octanol–water partition coefficient (Wildman–Crippen LogP) is 2.55. The number of carbonyl (C=O) groups excluding carboxylic acids is 3. The number of amides is 3. The highest BCUT2D eigenvalue weighted by molar-refractivity contribution is 6.39. The SMILES string of the molecule is O=C(CN1CCCCCCC1)Nc1ccc(NC(=O)C(=O)NCCCN2CCN(c3ccncc3)CC2)cc1. The van der Waals surface area contributed by atoms with Crippen LogP contribution in [0.5, 0.6) is 0 Å². The van der Waals surface area contributed by atoms with Crippen LogP contribution in [-0.4, -0.2) is 91.4 Å². The van der Waals surface area contributed by atoms with Gasteiger partial charge in [0.1, 0.15) is 0 Å². The molecular weight excluding hydrogens is 494 g/mol. The number of hydrogen-bond acceptors (Lipinski definition) is 7. The second-order valence-corrected chi connectivity index (χ2v) is 10.3. The van der Waals surface area contributed by atoms with Gasteiger partial charge in [0.05, 0.1) is 6.54 Å². The van der Waals surface area contributed by atoms with Gasteiger partial charge in [-0.25, -0.2) is 0 Å². The van der Waals surface area contributed by atoms with E-state index in [0.717, 1.165) is 65.1 Å². The molecule has 3 N–H and O–H groups in total. The summed E-state index contributed by atoms with van der Waals surface area (Å²) in [5.41, 5.74) is 2.36. The third-order valence-corrected chi connectivity index (χ3v) is 7.29. The van der Waals surface area contributed by atoms with Crippen molar-refractivity contribution in [2.75, 3.05) is 74.4 Å². The van der Waals surface area contributed by atoms with Crippen molar-refractivity contribution in [3.8, 4) is 0 Å². The molecule has 10 heteroatoms. The van der Waals surface area contributed by atoms with Crippen LogP contribution in [0.1, 0.15) is 38.5 Å². The van der Waals surface area contributed by atoms with Gasteiger partial charge in [-0.1, -0.05) is 19.3 Å². The third kappa shape index (κ3) is 9.63. The Bertz CT molecular complexity index is 1050. The molecule has 0 unspecified atom stereocenters. The number of piperazine rings is 1. The molecule has 1 aromatic heterocycles. The molecule has 0 saturated carbocycles. The van der Waals surface area contributed by atoms with E-state index in [1.807, 2.05) is 24.5 Å². The van der Waals surface area contributed by atoms with Crippen molar-refractivity contribution < 1.29 is 14.4 Å². The molecular formula is C29H41N7O3. The number of benzene rings is 1. The second kappa shape index (κ2) is 15.2. The van der Waals surface area contributed by atoms with E-state index in [2.05, 4.69) is 35.6 Å². The summed E-state index contributed by atoms with van der Waals surface area (Å²) in [4.78, 5) is 48.0. The van der Waals surface area contributed by atoms with E-state index >= 15 is 0 Å². The van der Waals surface area contributed by atoms with E-state index < -0.39 is 11.8 Å². The minimum Gasteiger partial charge on any atom is -0.369 e. The van der Waals surface area contributed by atoms with Crippen LogP contribution in [0, 0.1) is 0 Å². The molecule has 0 aliphatic carbocycles. The minimum atomic E-state index is -0.699. The van der Waals surface area contributed by atoms with Crippen molar-refractivity contribution in [3.63, 3.8) is 0 Å². The average molecular weight is 536 g/mol. The first-order valence-corrected chi connectivity index (χ1v) is 14.2. The van der Waals surface area contributed by atoms with Crippen LogP contribution in [0.3, 0.4) is 0 Å². The van der Waals surface area contributed by atoms with Crippen LogP contribution in [0.4, 0.5) is 17.1 Å². The topological polar surface area (TPSA) is 110 Å². The van der Waals surface area contributed by atoms with Gasteiger partial charge in [-0.15, -0.1) is 0 Å². The van der Waals surface area contributed by atoms with E-state index in [1.54, 1.807) is 24.3 Å². The molecule has 2 saturated heterocycles. The number of likely N-dealkylation sites (tertiary alicyclic amines) is 1. The van der Waals surface area contributed by atoms with Crippen molar-refractivity contribution in [2.45, 2.75) is 38.5 Å². The van der Waals surface area contributed by atoms with Crippen LogP contribution in [0.25, 0.3) is 0 Å². The summed E-state index contributed by atoms with van der Waals surface area (Å²) in [7, 11) is 0. The standard InChI is InChI=1S/C29H41N7O3/c37-27(23-35-16-4-2-1-3-5-17-35)32-24-7-9-25(10-8-24)33-29(39)28(38)31-13-6-18-34-19-21-36(22-20-34)26-11-14-30-15-12-26/h7-12,14-15H,1-6,13,16-23H2,(H,31,38)(H,32,37)(H,33,39). The van der Waals surface area contributed by atoms with Gasteiger partial charge < -0.3 is 20.9 Å². The molecule has 2 aromatic rings. The maximum absolute atomic E-state index is 12.4. The number of hydrogen-bond donors (Lipinski definition) is 3. The largest absolute Gasteiger partial charge is 0.369 e. The molecule has 2 aliphatic heterocycles. The zero-order valence-electron chi connectivity index (χ0n) is 22.7. The fourth-order valence-corrected chi connectivity index (χ4v) is 5.07. The first kappa shape index (κ1) is 28.5. The Balaban J connectivity index is 1.09. The fraction of sp³-hybridized carbons (Fsp3) is 0.517. The normalized spacial score (nSPS) is 17.1. The summed E-state index contributed by atoms with van der Waals surface area (Å²) >= 11 is 0. The zero-order valence-corrected chi connectivity index (χ0v) is 22.7. The summed E-state index contributed by atoms with van der Waals surface area (Å²) < 4.78 is 0. The lowest BCUT2D eigenvalue weighted by atomic mass is 10.1. The molecule has 3 heterocycles. The number of nitrogens with zero attached hydrogens (tertiary/aromatic N) is 4. The average Bonchev–Trinajstić information content (AvgIpc) is 2.94. The zero-order chi connectivity index (χ0) is 27.3. The molecule has 210 valence electrons. The monoisotopic (exact) mass is 535 g/mol. The molecule has 10 nitrogen and oxygen atoms in total. The van der Waals surface area contributed by atoms with Gasteiger partial charge in [-0.05, 0) is 75.3 Å². The highest BCUT2D eigenvalue weighted by Crippen LogP contribution is 2.16. The molecule has 39 heavy (non-hydrogen) atoms. The van der Waals surface area contributed by atoms with Crippen molar-refractivity contribution >= 4 is 34.8 Å². The number of pyridine rings is 1. The van der Waals surface area contributed by atoms with E-state index in [0.29, 0.717) is 24.5 Å². The molecule has 2 aliphatic rings. The number of rotatable bonds is 9. The van der Waals surface area contributed by atoms with Crippen LogP contribution in [0.15, 0.2) is 48.8 Å². The van der Waals surface area contributed by atoms with Gasteiger partial charge in [0.15, 0.2) is 0 Å². The van der Waals surface area contributed by atoms with Gasteiger partial charge in [0.2, 0.25) is 5.91 Å². The number of nitrogens with one attached hydrogen (secondary N) is 3. The lowest BCUT2D eigenvalue weighted by Gasteiger charge is -2.36. The lowest BCUT2D eigenvalue weighted by molar-refractivity contribution is -0.136. The van der Waals surface area contributed by atoms with Crippen LogP contribution >= 0.6 is 0 Å². The summed E-state index contributed by atoms with van der Waals surface area (Å²) in [5, 5.41) is 8.24. The smallest absolute Gasteiger partial charge is 0.313 e. The quantitative estimate of drug-likeness (QED) is 0.334. The summed E-state index contributed by atoms with van der Waals surface area (Å²) in [6, 6.07) is 10.9. The van der Waals surface area contributed by atoms with Crippen molar-refractivity contribution in [3.05, 3.63) is 48.8 Å². The summed E-state index contributed by atoms with van der Waals surface area (Å²) in [6.07, 6.45) is 10.4. The molecule has 0 atom stereocenters. The van der Waals surface area contributed by atoms with Gasteiger partial charge in [0.25, 0.3) is 0 Å². The molecule has 0 radical (unpaired) electrons. The number of anilines is 3. The predicted molar refractivity (Wildman–Crippen MR) is 154 cm³/mol. The maximum atomic E-state index is 12.4. The summed E-state index contributed by atoms with van der Waals surface area (Å²) in [5.74, 6) is -1.39. The van der Waals surface area contributed by atoms with Crippen molar-refractivity contribution in [1.82, 2.24) is 20.1 Å². The van der Waals surface area contributed by atoms with Crippen LogP contribution < -0.4 is 20.9 Å². The first-order chi connectivity index (χ1) is 19.1. The van der Waals surface area contributed by atoms with Crippen molar-refractivity contribution in [2.24, 2.45) is 0 Å². The highest BCUT2D eigenvalue weighted by Gasteiger charge is 2.18. The first-order valence-electron chi connectivity index (χ1n) is 14.2. The Hall–Kier alpha value is -3.50. The summed E-state index contributed by atoms with van der Waals surface area (Å²) in [6.45, 7) is 7.47. The lowest BCUT2D eigenvalue weighted by Crippen LogP contribution is -2.47. The molecule has 0 spiro atoms. The Kier molecular flexibility index (Phi) is 11.1. The van der Waals surface area contributed by atoms with Gasteiger partial charge >= 0.3 is 11.8 Å². The highest BCUT2D eigenvalue weighted by atomic mass is 16.2. The van der Waals surface area contributed by atoms with Crippen molar-refractivity contribution in [1.29, 1.82) is 0 Å². The Morgan fingerprint density at radius 2 is 1.31 bits per heavy atom. The van der Waals surface area contributed by atoms with E-state index in [9.17, 15) is 14.4 Å². The molecule has 2 fully saturated rings. The van der Waals surface area contributed by atoms with Gasteiger partial charge in [-0.3, -0.25) is 29.2 Å². The minimum absolute atomic E-state index is 0.0395. The molecule has 0 bridgehead atoms. The molecule has 4 rings (SSSR count). The van der Waals surface area contributed by atoms with Crippen LogP contribution in [-0.2, 0) is 14.4 Å². The van der Waals surface area contributed by atoms with Gasteiger partial charge in [0, 0.05) is 62.2 Å². The number of carbonyl (C=O) groups is 3. The third-order valence-electron chi connectivity index (χ3n) is 7.29. The maximum Gasteiger partial charge on any atom is 0.313 e. The van der Waals surface area contributed by atoms with E-state index in [4.69, 9.17) is 0 Å². The second-order valence-electron chi connectivity index (χ2n) is 10.3. The van der Waals surface area contributed by atoms with Gasteiger partial charge in [-0.2, -0.15) is 0 Å². The molecule has 1 aromatic carbocycles. The Morgan fingerprint density at radius 1 is 0.692 bits per heavy atom. The fourth-order valence-electron chi connectivity index (χ4n) is 5.07. The molecule has 3 amide bonds. The van der Waals surface area contributed by atoms with E-state index in [-0.39, 0.29) is 5.91 Å². The number of aromatic nitrogens is 1.